The van der Waals surface area contributed by atoms with Crippen molar-refractivity contribution >= 4 is 6.09 Å². The van der Waals surface area contributed by atoms with Crippen molar-refractivity contribution in [3.05, 3.63) is 0 Å². The molecule has 2 saturated heterocycles. The second kappa shape index (κ2) is 4.82. The third-order valence-electron chi connectivity index (χ3n) is 2.72. The van der Waals surface area contributed by atoms with E-state index in [2.05, 4.69) is 0 Å². The number of epoxide rings is 1. The molecule has 0 radical (unpaired) electrons. The van der Waals surface area contributed by atoms with Gasteiger partial charge in [-0.25, -0.2) is 4.79 Å². The molecular weight excluding hydrogens is 222 g/mol. The summed E-state index contributed by atoms with van der Waals surface area (Å²) in [6, 6.07) is 0. The van der Waals surface area contributed by atoms with Gasteiger partial charge in [0.2, 0.25) is 0 Å². The Morgan fingerprint density at radius 3 is 2.76 bits per heavy atom. The molecule has 5 nitrogen and oxygen atoms in total. The van der Waals surface area contributed by atoms with Crippen LogP contribution in [0.3, 0.4) is 0 Å². The molecule has 2 atom stereocenters. The Morgan fingerprint density at radius 1 is 1.47 bits per heavy atom. The normalized spacial score (nSPS) is 28.3. The van der Waals surface area contributed by atoms with Crippen LogP contribution in [0.2, 0.25) is 0 Å². The zero-order chi connectivity index (χ0) is 12.5. The summed E-state index contributed by atoms with van der Waals surface area (Å²) in [6.45, 7) is 8.42. The lowest BCUT2D eigenvalue weighted by Crippen LogP contribution is -2.36. The Hall–Kier alpha value is -0.810. The lowest BCUT2D eigenvalue weighted by Gasteiger charge is -2.24. The minimum Gasteiger partial charge on any atom is -0.444 e. The largest absolute Gasteiger partial charge is 0.444 e. The molecule has 0 aromatic carbocycles. The molecule has 98 valence electrons. The summed E-state index contributed by atoms with van der Waals surface area (Å²) in [6.07, 6.45) is 1.05. The highest BCUT2D eigenvalue weighted by molar-refractivity contribution is 5.68. The highest BCUT2D eigenvalue weighted by Crippen LogP contribution is 2.18. The number of carbonyl (C=O) groups excluding carboxylic acids is 1. The fraction of sp³-hybridized carbons (Fsp3) is 0.917. The minimum atomic E-state index is -0.433. The molecule has 17 heavy (non-hydrogen) atoms. The van der Waals surface area contributed by atoms with Crippen LogP contribution in [0.4, 0.5) is 4.79 Å². The maximum absolute atomic E-state index is 11.8. The Kier molecular flexibility index (Phi) is 3.58. The molecule has 0 N–H and O–H groups in total. The molecule has 0 aliphatic carbocycles. The summed E-state index contributed by atoms with van der Waals surface area (Å²) in [7, 11) is 0. The molecule has 0 aromatic heterocycles. The van der Waals surface area contributed by atoms with Gasteiger partial charge in [0.05, 0.1) is 25.9 Å². The van der Waals surface area contributed by atoms with Crippen LogP contribution in [0.25, 0.3) is 0 Å². The summed E-state index contributed by atoms with van der Waals surface area (Å²) < 4.78 is 16.1. The number of hydrogen-bond donors (Lipinski definition) is 0. The van der Waals surface area contributed by atoms with Crippen LogP contribution in [-0.2, 0) is 14.2 Å². The summed E-state index contributed by atoms with van der Waals surface area (Å²) in [5.41, 5.74) is -0.433. The number of carbonyl (C=O) groups is 1. The van der Waals surface area contributed by atoms with Crippen molar-refractivity contribution in [3.8, 4) is 0 Å². The van der Waals surface area contributed by atoms with Crippen LogP contribution in [0.1, 0.15) is 27.2 Å². The summed E-state index contributed by atoms with van der Waals surface area (Å²) in [5.74, 6) is 0. The fourth-order valence-corrected chi connectivity index (χ4v) is 1.76. The van der Waals surface area contributed by atoms with E-state index >= 15 is 0 Å². The zero-order valence-electron chi connectivity index (χ0n) is 10.8. The fourth-order valence-electron chi connectivity index (χ4n) is 1.76. The monoisotopic (exact) mass is 243 g/mol. The quantitative estimate of drug-likeness (QED) is 0.703. The van der Waals surface area contributed by atoms with Crippen LogP contribution in [-0.4, -0.2) is 55.1 Å². The zero-order valence-corrected chi connectivity index (χ0v) is 10.8. The van der Waals surface area contributed by atoms with Crippen molar-refractivity contribution in [2.45, 2.75) is 45.0 Å². The van der Waals surface area contributed by atoms with E-state index in [-0.39, 0.29) is 18.3 Å². The first-order valence-electron chi connectivity index (χ1n) is 6.15. The number of nitrogens with zero attached hydrogens (tertiary/aromatic N) is 1. The van der Waals surface area contributed by atoms with Gasteiger partial charge in [-0.15, -0.1) is 0 Å². The average Bonchev–Trinajstić information content (AvgIpc) is 2.90. The van der Waals surface area contributed by atoms with Crippen LogP contribution in [0.5, 0.6) is 0 Å². The van der Waals surface area contributed by atoms with Crippen molar-refractivity contribution in [1.82, 2.24) is 4.90 Å². The number of ether oxygens (including phenoxy) is 3. The standard InChI is InChI=1S/C12H21NO4/c1-12(2,3)17-11(14)13-5-4-9(6-13)15-7-10-8-16-10/h9-10H,4-8H2,1-3H3. The van der Waals surface area contributed by atoms with Crippen molar-refractivity contribution in [2.75, 3.05) is 26.3 Å². The Labute approximate surface area is 102 Å². The van der Waals surface area contributed by atoms with Gasteiger partial charge in [0.15, 0.2) is 0 Å². The smallest absolute Gasteiger partial charge is 0.410 e. The molecule has 1 amide bonds. The molecule has 0 aromatic rings. The van der Waals surface area contributed by atoms with Gasteiger partial charge in [-0.2, -0.15) is 0 Å². The maximum atomic E-state index is 11.8. The van der Waals surface area contributed by atoms with Gasteiger partial charge in [-0.3, -0.25) is 0 Å². The van der Waals surface area contributed by atoms with Crippen LogP contribution in [0.15, 0.2) is 0 Å². The first-order chi connectivity index (χ1) is 7.94. The Morgan fingerprint density at radius 2 is 2.18 bits per heavy atom. The molecule has 0 spiro atoms. The van der Waals surface area contributed by atoms with Crippen molar-refractivity contribution in [1.29, 1.82) is 0 Å². The Bertz CT molecular complexity index is 283. The maximum Gasteiger partial charge on any atom is 0.410 e. The van der Waals surface area contributed by atoms with Crippen molar-refractivity contribution in [3.63, 3.8) is 0 Å². The topological polar surface area (TPSA) is 51.3 Å². The molecule has 5 heteroatoms. The van der Waals surface area contributed by atoms with E-state index in [1.54, 1.807) is 4.90 Å². The first kappa shape index (κ1) is 12.6. The van der Waals surface area contributed by atoms with Gasteiger partial charge in [0.1, 0.15) is 11.7 Å². The summed E-state index contributed by atoms with van der Waals surface area (Å²) >= 11 is 0. The molecular formula is C12H21NO4. The molecule has 2 heterocycles. The lowest BCUT2D eigenvalue weighted by atomic mass is 10.2. The number of likely N-dealkylation sites (tertiary alicyclic amines) is 1. The van der Waals surface area contributed by atoms with E-state index in [9.17, 15) is 4.79 Å². The van der Waals surface area contributed by atoms with Gasteiger partial charge in [0, 0.05) is 6.54 Å². The van der Waals surface area contributed by atoms with Crippen LogP contribution in [0, 0.1) is 0 Å². The van der Waals surface area contributed by atoms with E-state index < -0.39 is 5.60 Å². The molecule has 0 bridgehead atoms. The van der Waals surface area contributed by atoms with Crippen LogP contribution < -0.4 is 0 Å². The molecule has 2 aliphatic heterocycles. The molecule has 2 aliphatic rings. The summed E-state index contributed by atoms with van der Waals surface area (Å²) in [4.78, 5) is 13.5. The highest BCUT2D eigenvalue weighted by Gasteiger charge is 2.32. The predicted molar refractivity (Wildman–Crippen MR) is 61.9 cm³/mol. The van der Waals surface area contributed by atoms with Gasteiger partial charge < -0.3 is 19.1 Å². The van der Waals surface area contributed by atoms with E-state index in [0.29, 0.717) is 19.7 Å². The van der Waals surface area contributed by atoms with E-state index in [0.717, 1.165) is 13.0 Å². The lowest BCUT2D eigenvalue weighted by molar-refractivity contribution is 0.0193. The highest BCUT2D eigenvalue weighted by atomic mass is 16.6. The number of rotatable bonds is 3. The van der Waals surface area contributed by atoms with E-state index in [4.69, 9.17) is 14.2 Å². The summed E-state index contributed by atoms with van der Waals surface area (Å²) in [5, 5.41) is 0. The minimum absolute atomic E-state index is 0.131. The van der Waals surface area contributed by atoms with E-state index in [1.807, 2.05) is 20.8 Å². The average molecular weight is 243 g/mol. The van der Waals surface area contributed by atoms with E-state index in [1.165, 1.54) is 0 Å². The number of hydrogen-bond acceptors (Lipinski definition) is 4. The molecule has 2 unspecified atom stereocenters. The van der Waals surface area contributed by atoms with Crippen LogP contribution >= 0.6 is 0 Å². The Balaban J connectivity index is 1.70. The molecule has 2 rings (SSSR count). The van der Waals surface area contributed by atoms with Crippen molar-refractivity contribution < 1.29 is 19.0 Å². The van der Waals surface area contributed by atoms with Gasteiger partial charge >= 0.3 is 6.09 Å². The molecule has 0 saturated carbocycles. The SMILES string of the molecule is CC(C)(C)OC(=O)N1CCC(OCC2CO2)C1. The second-order valence-corrected chi connectivity index (χ2v) is 5.63. The molecule has 2 fully saturated rings. The van der Waals surface area contributed by atoms with Gasteiger partial charge in [0.25, 0.3) is 0 Å². The third kappa shape index (κ3) is 4.16. The predicted octanol–water partition coefficient (Wildman–Crippen LogP) is 1.41. The number of amides is 1. The first-order valence-corrected chi connectivity index (χ1v) is 6.15. The van der Waals surface area contributed by atoms with Gasteiger partial charge in [-0.1, -0.05) is 0 Å². The van der Waals surface area contributed by atoms with Crippen molar-refractivity contribution in [2.24, 2.45) is 0 Å². The van der Waals surface area contributed by atoms with Gasteiger partial charge in [-0.05, 0) is 27.2 Å². The third-order valence-corrected chi connectivity index (χ3v) is 2.72. The second-order valence-electron chi connectivity index (χ2n) is 5.63.